The van der Waals surface area contributed by atoms with Gasteiger partial charge in [-0.25, -0.2) is 8.42 Å². The second kappa shape index (κ2) is 6.11. The highest BCUT2D eigenvalue weighted by Crippen LogP contribution is 2.38. The Morgan fingerprint density at radius 1 is 1.30 bits per heavy atom. The molecule has 0 bridgehead atoms. The third kappa shape index (κ3) is 2.82. The summed E-state index contributed by atoms with van der Waals surface area (Å²) in [5, 5.41) is 1.91. The van der Waals surface area contributed by atoms with Gasteiger partial charge in [-0.2, -0.15) is 0 Å². The standard InChI is InChI=1S/C14H19NO3S2/c1-4-20(16,17)15(9-10-18-3)14-11(2)12-7-5-6-8-13(12)19-14/h5-8H,4,9-10H2,1-3H3. The third-order valence-electron chi connectivity index (χ3n) is 3.24. The molecule has 0 atom stereocenters. The first-order chi connectivity index (χ1) is 9.51. The minimum absolute atomic E-state index is 0.0877. The van der Waals surface area contributed by atoms with E-state index in [2.05, 4.69) is 0 Å². The number of nitrogens with zero attached hydrogens (tertiary/aromatic N) is 1. The quantitative estimate of drug-likeness (QED) is 0.823. The van der Waals surface area contributed by atoms with E-state index in [9.17, 15) is 8.42 Å². The van der Waals surface area contributed by atoms with Gasteiger partial charge in [0.05, 0.1) is 18.9 Å². The lowest BCUT2D eigenvalue weighted by Gasteiger charge is -2.22. The normalized spacial score (nSPS) is 11.9. The van der Waals surface area contributed by atoms with Gasteiger partial charge in [-0.15, -0.1) is 11.3 Å². The molecule has 4 nitrogen and oxygen atoms in total. The van der Waals surface area contributed by atoms with Crippen LogP contribution in [0.3, 0.4) is 0 Å². The van der Waals surface area contributed by atoms with Crippen LogP contribution >= 0.6 is 11.3 Å². The van der Waals surface area contributed by atoms with Crippen LogP contribution in [0, 0.1) is 6.92 Å². The Balaban J connectivity index is 2.53. The van der Waals surface area contributed by atoms with Crippen LogP contribution in [0.1, 0.15) is 12.5 Å². The summed E-state index contributed by atoms with van der Waals surface area (Å²) in [5.41, 5.74) is 1.01. The molecule has 0 spiro atoms. The maximum Gasteiger partial charge on any atom is 0.235 e. The largest absolute Gasteiger partial charge is 0.383 e. The zero-order valence-electron chi connectivity index (χ0n) is 11.9. The summed E-state index contributed by atoms with van der Waals surface area (Å²) in [6.07, 6.45) is 0. The second-order valence-electron chi connectivity index (χ2n) is 4.49. The van der Waals surface area contributed by atoms with Gasteiger partial charge in [-0.3, -0.25) is 4.31 Å². The molecule has 0 aliphatic heterocycles. The second-order valence-corrected chi connectivity index (χ2v) is 7.71. The minimum Gasteiger partial charge on any atom is -0.383 e. The maximum absolute atomic E-state index is 12.3. The zero-order chi connectivity index (χ0) is 14.8. The molecule has 0 unspecified atom stereocenters. The molecular formula is C14H19NO3S2. The van der Waals surface area contributed by atoms with Crippen LogP contribution in [0.5, 0.6) is 0 Å². The van der Waals surface area contributed by atoms with E-state index in [1.807, 2.05) is 31.2 Å². The van der Waals surface area contributed by atoms with Crippen molar-refractivity contribution in [1.29, 1.82) is 0 Å². The molecule has 0 fully saturated rings. The first kappa shape index (κ1) is 15.3. The van der Waals surface area contributed by atoms with Gasteiger partial charge in [0, 0.05) is 11.8 Å². The summed E-state index contributed by atoms with van der Waals surface area (Å²) in [6, 6.07) is 7.98. The highest BCUT2D eigenvalue weighted by atomic mass is 32.2. The van der Waals surface area contributed by atoms with Crippen molar-refractivity contribution < 1.29 is 13.2 Å². The number of hydrogen-bond donors (Lipinski definition) is 0. The lowest BCUT2D eigenvalue weighted by atomic mass is 10.2. The number of rotatable bonds is 6. The molecular weight excluding hydrogens is 294 g/mol. The number of benzene rings is 1. The molecule has 0 aliphatic carbocycles. The monoisotopic (exact) mass is 313 g/mol. The van der Waals surface area contributed by atoms with Crippen LogP contribution in [0.4, 0.5) is 5.00 Å². The molecule has 20 heavy (non-hydrogen) atoms. The van der Waals surface area contributed by atoms with Crippen molar-refractivity contribution in [2.75, 3.05) is 30.3 Å². The number of anilines is 1. The van der Waals surface area contributed by atoms with E-state index in [0.29, 0.717) is 13.2 Å². The fraction of sp³-hybridized carbons (Fsp3) is 0.429. The van der Waals surface area contributed by atoms with Gasteiger partial charge in [-0.05, 0) is 30.9 Å². The summed E-state index contributed by atoms with van der Waals surface area (Å²) >= 11 is 1.52. The average molecular weight is 313 g/mol. The van der Waals surface area contributed by atoms with Gasteiger partial charge in [0.1, 0.15) is 5.00 Å². The first-order valence-electron chi connectivity index (χ1n) is 6.48. The molecule has 0 N–H and O–H groups in total. The van der Waals surface area contributed by atoms with Gasteiger partial charge in [-0.1, -0.05) is 18.2 Å². The summed E-state index contributed by atoms with van der Waals surface area (Å²) in [6.45, 7) is 4.37. The van der Waals surface area contributed by atoms with Crippen molar-refractivity contribution in [1.82, 2.24) is 0 Å². The van der Waals surface area contributed by atoms with Crippen LogP contribution in [-0.2, 0) is 14.8 Å². The number of hydrogen-bond acceptors (Lipinski definition) is 4. The van der Waals surface area contributed by atoms with E-state index in [1.165, 1.54) is 15.6 Å². The van der Waals surface area contributed by atoms with E-state index in [-0.39, 0.29) is 5.75 Å². The lowest BCUT2D eigenvalue weighted by Crippen LogP contribution is -2.34. The van der Waals surface area contributed by atoms with Crippen LogP contribution in [0.15, 0.2) is 24.3 Å². The van der Waals surface area contributed by atoms with E-state index >= 15 is 0 Å². The molecule has 110 valence electrons. The van der Waals surface area contributed by atoms with Crippen molar-refractivity contribution in [2.24, 2.45) is 0 Å². The molecule has 0 aliphatic rings. The lowest BCUT2D eigenvalue weighted by molar-refractivity contribution is 0.208. The predicted molar refractivity (Wildman–Crippen MR) is 85.2 cm³/mol. The first-order valence-corrected chi connectivity index (χ1v) is 8.91. The van der Waals surface area contributed by atoms with E-state index < -0.39 is 10.0 Å². The highest BCUT2D eigenvalue weighted by Gasteiger charge is 2.24. The molecule has 1 heterocycles. The van der Waals surface area contributed by atoms with E-state index in [4.69, 9.17) is 4.74 Å². The van der Waals surface area contributed by atoms with Crippen molar-refractivity contribution in [3.05, 3.63) is 29.8 Å². The number of ether oxygens (including phenoxy) is 1. The molecule has 1 aromatic heterocycles. The Morgan fingerprint density at radius 2 is 2.00 bits per heavy atom. The fourth-order valence-corrected chi connectivity index (χ4v) is 4.74. The highest BCUT2D eigenvalue weighted by molar-refractivity contribution is 7.93. The predicted octanol–water partition coefficient (Wildman–Crippen LogP) is 3.01. The van der Waals surface area contributed by atoms with E-state index in [1.54, 1.807) is 14.0 Å². The Hall–Kier alpha value is -1.11. The minimum atomic E-state index is -3.29. The zero-order valence-corrected chi connectivity index (χ0v) is 13.6. The number of thiophene rings is 1. The molecule has 0 amide bonds. The third-order valence-corrected chi connectivity index (χ3v) is 6.42. The SMILES string of the molecule is CCS(=O)(=O)N(CCOC)c1sc2ccccc2c1C. The summed E-state index contributed by atoms with van der Waals surface area (Å²) in [5.74, 6) is 0.0877. The van der Waals surface area contributed by atoms with Crippen LogP contribution < -0.4 is 4.31 Å². The van der Waals surface area contributed by atoms with Crippen molar-refractivity contribution in [3.8, 4) is 0 Å². The molecule has 1 aromatic carbocycles. The number of fused-ring (bicyclic) bond motifs is 1. The van der Waals surface area contributed by atoms with Gasteiger partial charge in [0.2, 0.25) is 10.0 Å². The topological polar surface area (TPSA) is 46.6 Å². The van der Waals surface area contributed by atoms with Crippen molar-refractivity contribution in [2.45, 2.75) is 13.8 Å². The number of sulfonamides is 1. The average Bonchev–Trinajstić information content (AvgIpc) is 2.77. The number of aryl methyl sites for hydroxylation is 1. The van der Waals surface area contributed by atoms with Gasteiger partial charge in [0.25, 0.3) is 0 Å². The van der Waals surface area contributed by atoms with Crippen molar-refractivity contribution >= 4 is 36.4 Å². The fourth-order valence-electron chi connectivity index (χ4n) is 2.10. The van der Waals surface area contributed by atoms with Gasteiger partial charge in [0.15, 0.2) is 0 Å². The van der Waals surface area contributed by atoms with Gasteiger partial charge < -0.3 is 4.74 Å². The molecule has 0 saturated heterocycles. The molecule has 2 rings (SSSR count). The number of methoxy groups -OCH3 is 1. The summed E-state index contributed by atoms with van der Waals surface area (Å²) in [7, 11) is -1.71. The van der Waals surface area contributed by atoms with Crippen LogP contribution in [0.2, 0.25) is 0 Å². The van der Waals surface area contributed by atoms with E-state index in [0.717, 1.165) is 20.7 Å². The van der Waals surface area contributed by atoms with Crippen molar-refractivity contribution in [3.63, 3.8) is 0 Å². The molecule has 6 heteroatoms. The Morgan fingerprint density at radius 3 is 2.60 bits per heavy atom. The smallest absolute Gasteiger partial charge is 0.235 e. The molecule has 0 radical (unpaired) electrons. The Labute approximate surface area is 124 Å². The molecule has 0 saturated carbocycles. The molecule has 2 aromatic rings. The van der Waals surface area contributed by atoms with Crippen LogP contribution in [0.25, 0.3) is 10.1 Å². The maximum atomic E-state index is 12.3. The summed E-state index contributed by atoms with van der Waals surface area (Å²) in [4.78, 5) is 0. The van der Waals surface area contributed by atoms with Crippen LogP contribution in [-0.4, -0.2) is 34.4 Å². The Kier molecular flexibility index (Phi) is 4.67. The Bertz CT molecular complexity index is 692. The van der Waals surface area contributed by atoms with Gasteiger partial charge >= 0.3 is 0 Å². The summed E-state index contributed by atoms with van der Waals surface area (Å²) < 4.78 is 32.3.